The molecule has 0 spiro atoms. The van der Waals surface area contributed by atoms with Crippen LogP contribution in [0.2, 0.25) is 0 Å². The van der Waals surface area contributed by atoms with Crippen LogP contribution in [0.1, 0.15) is 31.7 Å². The number of carbonyl (C=O) groups excluding carboxylic acids is 1. The summed E-state index contributed by atoms with van der Waals surface area (Å²) in [7, 11) is 0. The largest absolute Gasteiger partial charge is 0.385 e. The molecule has 15 heavy (non-hydrogen) atoms. The molecule has 0 saturated heterocycles. The van der Waals surface area contributed by atoms with Gasteiger partial charge in [0.1, 0.15) is 5.78 Å². The van der Waals surface area contributed by atoms with Gasteiger partial charge in [-0.25, -0.2) is 0 Å². The summed E-state index contributed by atoms with van der Waals surface area (Å²) in [6.07, 6.45) is 2.33. The van der Waals surface area contributed by atoms with Crippen LogP contribution in [-0.4, -0.2) is 10.9 Å². The minimum absolute atomic E-state index is 0.198. The van der Waals surface area contributed by atoms with Crippen molar-refractivity contribution in [2.24, 2.45) is 5.92 Å². The van der Waals surface area contributed by atoms with Gasteiger partial charge in [0.05, 0.1) is 11.5 Å². The van der Waals surface area contributed by atoms with Crippen molar-refractivity contribution in [1.29, 1.82) is 0 Å². The van der Waals surface area contributed by atoms with E-state index in [1.807, 2.05) is 30.3 Å². The van der Waals surface area contributed by atoms with Gasteiger partial charge in [-0.3, -0.25) is 4.79 Å². The summed E-state index contributed by atoms with van der Waals surface area (Å²) in [5, 5.41) is 10.4. The van der Waals surface area contributed by atoms with Gasteiger partial charge < -0.3 is 5.11 Å². The lowest BCUT2D eigenvalue weighted by Gasteiger charge is -2.29. The van der Waals surface area contributed by atoms with Gasteiger partial charge in [0.2, 0.25) is 0 Å². The summed E-state index contributed by atoms with van der Waals surface area (Å²) in [6, 6.07) is 9.46. The Morgan fingerprint density at radius 1 is 1.33 bits per heavy atom. The lowest BCUT2D eigenvalue weighted by Crippen LogP contribution is -2.34. The maximum atomic E-state index is 11.6. The zero-order chi connectivity index (χ0) is 10.9. The zero-order valence-electron chi connectivity index (χ0n) is 8.94. The second-order valence-corrected chi connectivity index (χ2v) is 4.42. The predicted octanol–water partition coefficient (Wildman–Crippen LogP) is 2.26. The molecule has 2 heteroatoms. The highest BCUT2D eigenvalue weighted by molar-refractivity contribution is 5.84. The van der Waals surface area contributed by atoms with E-state index in [1.54, 1.807) is 6.92 Å². The number of aliphatic hydroxyl groups is 1. The number of hydrogen-bond acceptors (Lipinski definition) is 2. The Labute approximate surface area is 89.9 Å². The number of ketones is 1. The van der Waals surface area contributed by atoms with Crippen LogP contribution < -0.4 is 0 Å². The molecule has 2 rings (SSSR count). The van der Waals surface area contributed by atoms with E-state index < -0.39 is 5.60 Å². The summed E-state index contributed by atoms with van der Waals surface area (Å²) >= 11 is 0. The first-order valence-electron chi connectivity index (χ1n) is 5.43. The Kier molecular flexibility index (Phi) is 2.61. The highest BCUT2D eigenvalue weighted by atomic mass is 16.3. The van der Waals surface area contributed by atoms with Gasteiger partial charge in [0.25, 0.3) is 0 Å². The summed E-state index contributed by atoms with van der Waals surface area (Å²) in [4.78, 5) is 11.6. The molecule has 1 aliphatic carbocycles. The van der Waals surface area contributed by atoms with Crippen molar-refractivity contribution < 1.29 is 9.90 Å². The van der Waals surface area contributed by atoms with Crippen LogP contribution in [0.3, 0.4) is 0 Å². The van der Waals surface area contributed by atoms with E-state index in [0.29, 0.717) is 6.42 Å². The van der Waals surface area contributed by atoms with Gasteiger partial charge >= 0.3 is 0 Å². The molecule has 80 valence electrons. The molecule has 1 fully saturated rings. The molecule has 0 aliphatic heterocycles. The Morgan fingerprint density at radius 3 is 2.53 bits per heavy atom. The molecule has 0 amide bonds. The summed E-state index contributed by atoms with van der Waals surface area (Å²) < 4.78 is 0. The number of Topliss-reactive ketones (excluding diaryl/α,β-unsaturated/α-hetero) is 1. The van der Waals surface area contributed by atoms with Gasteiger partial charge in [-0.1, -0.05) is 30.3 Å². The van der Waals surface area contributed by atoms with Crippen molar-refractivity contribution in [2.75, 3.05) is 0 Å². The Bertz CT molecular complexity index is 354. The first kappa shape index (κ1) is 10.4. The molecule has 0 heterocycles. The van der Waals surface area contributed by atoms with Crippen molar-refractivity contribution in [3.8, 4) is 0 Å². The van der Waals surface area contributed by atoms with E-state index in [9.17, 15) is 9.90 Å². The molecule has 2 atom stereocenters. The monoisotopic (exact) mass is 204 g/mol. The number of hydrogen-bond donors (Lipinski definition) is 1. The fourth-order valence-corrected chi connectivity index (χ4v) is 2.39. The fourth-order valence-electron chi connectivity index (χ4n) is 2.39. The minimum atomic E-state index is -1.01. The van der Waals surface area contributed by atoms with E-state index in [0.717, 1.165) is 18.4 Å². The van der Waals surface area contributed by atoms with Gasteiger partial charge in [0, 0.05) is 6.42 Å². The smallest absolute Gasteiger partial charge is 0.139 e. The highest BCUT2D eigenvalue weighted by Crippen LogP contribution is 2.37. The van der Waals surface area contributed by atoms with Crippen LogP contribution in [0.4, 0.5) is 0 Å². The maximum absolute atomic E-state index is 11.6. The van der Waals surface area contributed by atoms with E-state index in [-0.39, 0.29) is 11.7 Å². The third-order valence-corrected chi connectivity index (χ3v) is 3.34. The first-order valence-corrected chi connectivity index (χ1v) is 5.43. The van der Waals surface area contributed by atoms with Gasteiger partial charge in [-0.2, -0.15) is 0 Å². The highest BCUT2D eigenvalue weighted by Gasteiger charge is 2.40. The topological polar surface area (TPSA) is 37.3 Å². The third kappa shape index (κ3) is 1.82. The number of carbonyl (C=O) groups is 1. The Morgan fingerprint density at radius 2 is 2.00 bits per heavy atom. The van der Waals surface area contributed by atoms with Crippen LogP contribution >= 0.6 is 0 Å². The molecular formula is C13H16O2. The number of rotatable bonds is 2. The Balaban J connectivity index is 2.30. The average Bonchev–Trinajstić information content (AvgIpc) is 2.66. The van der Waals surface area contributed by atoms with E-state index in [4.69, 9.17) is 0 Å². The fraction of sp³-hybridized carbons (Fsp3) is 0.462. The number of benzene rings is 1. The lowest BCUT2D eigenvalue weighted by molar-refractivity contribution is -0.128. The SMILES string of the molecule is C[C@@](O)(c1ccccc1)[C@@H]1CCCC1=O. The molecule has 0 unspecified atom stereocenters. The summed E-state index contributed by atoms with van der Waals surface area (Å²) in [6.45, 7) is 1.75. The van der Waals surface area contributed by atoms with Gasteiger partial charge in [0.15, 0.2) is 0 Å². The van der Waals surface area contributed by atoms with Crippen molar-refractivity contribution in [2.45, 2.75) is 31.8 Å². The second kappa shape index (κ2) is 3.78. The molecule has 1 saturated carbocycles. The zero-order valence-corrected chi connectivity index (χ0v) is 8.94. The van der Waals surface area contributed by atoms with Crippen molar-refractivity contribution in [3.05, 3.63) is 35.9 Å². The van der Waals surface area contributed by atoms with Crippen molar-refractivity contribution >= 4 is 5.78 Å². The maximum Gasteiger partial charge on any atom is 0.139 e. The standard InChI is InChI=1S/C13H16O2/c1-13(15,10-6-3-2-4-7-10)11-8-5-9-12(11)14/h2-4,6-7,11,15H,5,8-9H2,1H3/t11-,13-/m1/s1. The summed E-state index contributed by atoms with van der Waals surface area (Å²) in [5.41, 5.74) is -0.167. The predicted molar refractivity (Wildman–Crippen MR) is 58.4 cm³/mol. The average molecular weight is 204 g/mol. The lowest BCUT2D eigenvalue weighted by atomic mass is 9.81. The normalized spacial score (nSPS) is 25.2. The van der Waals surface area contributed by atoms with Crippen molar-refractivity contribution in [1.82, 2.24) is 0 Å². The summed E-state index contributed by atoms with van der Waals surface area (Å²) in [5.74, 6) is -0.0243. The molecule has 1 aromatic rings. The molecule has 1 aliphatic rings. The van der Waals surface area contributed by atoms with E-state index in [2.05, 4.69) is 0 Å². The Hall–Kier alpha value is -1.15. The molecule has 1 aromatic carbocycles. The van der Waals surface area contributed by atoms with E-state index in [1.165, 1.54) is 0 Å². The van der Waals surface area contributed by atoms with Crippen molar-refractivity contribution in [3.63, 3.8) is 0 Å². The van der Waals surface area contributed by atoms with Crippen LogP contribution in [-0.2, 0) is 10.4 Å². The first-order chi connectivity index (χ1) is 7.12. The third-order valence-electron chi connectivity index (χ3n) is 3.34. The molecular weight excluding hydrogens is 188 g/mol. The second-order valence-electron chi connectivity index (χ2n) is 4.42. The van der Waals surface area contributed by atoms with Crippen LogP contribution in [0.15, 0.2) is 30.3 Å². The van der Waals surface area contributed by atoms with Gasteiger partial charge in [-0.15, -0.1) is 0 Å². The van der Waals surface area contributed by atoms with Gasteiger partial charge in [-0.05, 0) is 25.3 Å². The molecule has 1 N–H and O–H groups in total. The minimum Gasteiger partial charge on any atom is -0.385 e. The molecule has 0 radical (unpaired) electrons. The van der Waals surface area contributed by atoms with Crippen LogP contribution in [0, 0.1) is 5.92 Å². The molecule has 2 nitrogen and oxygen atoms in total. The van der Waals surface area contributed by atoms with Crippen LogP contribution in [0.25, 0.3) is 0 Å². The van der Waals surface area contributed by atoms with Crippen LogP contribution in [0.5, 0.6) is 0 Å². The van der Waals surface area contributed by atoms with E-state index >= 15 is 0 Å². The molecule has 0 bridgehead atoms. The molecule has 0 aromatic heterocycles. The quantitative estimate of drug-likeness (QED) is 0.802.